The van der Waals surface area contributed by atoms with Gasteiger partial charge in [0, 0.05) is 16.8 Å². The predicted molar refractivity (Wildman–Crippen MR) is 78.8 cm³/mol. The molecule has 1 aromatic rings. The van der Waals surface area contributed by atoms with Crippen LogP contribution in [0, 0.1) is 0 Å². The monoisotopic (exact) mass is 281 g/mol. The van der Waals surface area contributed by atoms with Gasteiger partial charge in [-0.15, -0.1) is 11.3 Å². The fourth-order valence-electron chi connectivity index (χ4n) is 2.52. The Morgan fingerprint density at radius 1 is 1.37 bits per heavy atom. The summed E-state index contributed by atoms with van der Waals surface area (Å²) in [5, 5.41) is 15.1. The highest BCUT2D eigenvalue weighted by atomic mass is 32.1. The van der Waals surface area contributed by atoms with Crippen molar-refractivity contribution in [1.29, 1.82) is 0 Å². The molecule has 0 aromatic carbocycles. The van der Waals surface area contributed by atoms with E-state index in [-0.39, 0.29) is 5.91 Å². The highest BCUT2D eigenvalue weighted by Gasteiger charge is 2.25. The van der Waals surface area contributed by atoms with Crippen molar-refractivity contribution in [3.8, 4) is 0 Å². The number of aryl methyl sites for hydroxylation is 1. The zero-order valence-electron chi connectivity index (χ0n) is 11.8. The lowest BCUT2D eigenvalue weighted by Gasteiger charge is -2.25. The molecular weight excluding hydrogens is 258 g/mol. The number of amides is 1. The third kappa shape index (κ3) is 3.18. The molecule has 0 radical (unpaired) electrons. The molecule has 4 heteroatoms. The number of nitrogens with one attached hydrogen (secondary N) is 1. The van der Waals surface area contributed by atoms with Crippen molar-refractivity contribution < 1.29 is 9.90 Å². The third-order valence-electron chi connectivity index (χ3n) is 4.20. The minimum atomic E-state index is -0.772. The molecule has 106 valence electrons. The largest absolute Gasteiger partial charge is 0.388 e. The molecule has 0 aliphatic heterocycles. The molecule has 2 N–H and O–H groups in total. The van der Waals surface area contributed by atoms with Crippen LogP contribution >= 0.6 is 11.3 Å². The summed E-state index contributed by atoms with van der Waals surface area (Å²) in [6.45, 7) is 4.23. The van der Waals surface area contributed by atoms with Crippen LogP contribution in [0.2, 0.25) is 0 Å². The number of hydrogen-bond acceptors (Lipinski definition) is 3. The quantitative estimate of drug-likeness (QED) is 0.872. The van der Waals surface area contributed by atoms with Crippen LogP contribution in [-0.2, 0) is 12.8 Å². The number of rotatable bonds is 5. The maximum absolute atomic E-state index is 12.2. The van der Waals surface area contributed by atoms with E-state index in [0.29, 0.717) is 19.4 Å². The Morgan fingerprint density at radius 2 is 2.05 bits per heavy atom. The van der Waals surface area contributed by atoms with E-state index in [1.807, 2.05) is 19.2 Å². The van der Waals surface area contributed by atoms with Crippen LogP contribution in [0.4, 0.5) is 0 Å². The van der Waals surface area contributed by atoms with Gasteiger partial charge in [0.2, 0.25) is 0 Å². The minimum Gasteiger partial charge on any atom is -0.388 e. The normalized spacial score (nSPS) is 15.1. The van der Waals surface area contributed by atoms with Crippen LogP contribution in [0.3, 0.4) is 0 Å². The number of carbonyl (C=O) groups is 1. The summed E-state index contributed by atoms with van der Waals surface area (Å²) in [6, 6.07) is 0. The van der Waals surface area contributed by atoms with Gasteiger partial charge in [0.25, 0.3) is 5.91 Å². The average Bonchev–Trinajstić information content (AvgIpc) is 2.88. The Bertz CT molecular complexity index is 449. The summed E-state index contributed by atoms with van der Waals surface area (Å²) in [5.74, 6) is -0.0280. The van der Waals surface area contributed by atoms with Crippen molar-refractivity contribution in [1.82, 2.24) is 5.32 Å². The molecule has 0 spiro atoms. The van der Waals surface area contributed by atoms with Crippen LogP contribution < -0.4 is 5.32 Å². The van der Waals surface area contributed by atoms with E-state index in [0.717, 1.165) is 18.4 Å². The molecule has 1 amide bonds. The minimum absolute atomic E-state index is 0.0280. The smallest absolute Gasteiger partial charge is 0.252 e. The lowest BCUT2D eigenvalue weighted by Crippen LogP contribution is -2.42. The molecule has 2 rings (SSSR count). The SMILES string of the molecule is CCC(O)(CC)CNC(=O)c1csc2c1CCCC2. The van der Waals surface area contributed by atoms with E-state index < -0.39 is 5.60 Å². The standard InChI is InChI=1S/C15H23NO2S/c1-3-15(18,4-2)10-16-14(17)12-9-19-13-8-6-5-7-11(12)13/h9,18H,3-8,10H2,1-2H3,(H,16,17). The van der Waals surface area contributed by atoms with Crippen LogP contribution in [-0.4, -0.2) is 23.2 Å². The lowest BCUT2D eigenvalue weighted by atomic mass is 9.95. The summed E-state index contributed by atoms with van der Waals surface area (Å²) in [6.07, 6.45) is 5.86. The molecule has 0 saturated heterocycles. The van der Waals surface area contributed by atoms with Gasteiger partial charge in [-0.2, -0.15) is 0 Å². The van der Waals surface area contributed by atoms with E-state index in [4.69, 9.17) is 0 Å². The number of carbonyl (C=O) groups excluding carboxylic acids is 1. The van der Waals surface area contributed by atoms with Gasteiger partial charge in [-0.3, -0.25) is 4.79 Å². The second-order valence-electron chi connectivity index (χ2n) is 5.37. The first-order chi connectivity index (χ1) is 9.09. The van der Waals surface area contributed by atoms with Crippen molar-refractivity contribution in [3.63, 3.8) is 0 Å². The molecule has 1 heterocycles. The van der Waals surface area contributed by atoms with E-state index in [1.165, 1.54) is 23.3 Å². The van der Waals surface area contributed by atoms with Crippen LogP contribution in [0.15, 0.2) is 5.38 Å². The molecule has 0 bridgehead atoms. The Labute approximate surface area is 119 Å². The molecular formula is C15H23NO2S. The number of aliphatic hydroxyl groups is 1. The molecule has 3 nitrogen and oxygen atoms in total. The van der Waals surface area contributed by atoms with Gasteiger partial charge in [-0.05, 0) is 44.1 Å². The maximum atomic E-state index is 12.2. The van der Waals surface area contributed by atoms with Crippen molar-refractivity contribution >= 4 is 17.2 Å². The topological polar surface area (TPSA) is 49.3 Å². The third-order valence-corrected chi connectivity index (χ3v) is 5.29. The zero-order chi connectivity index (χ0) is 13.9. The Balaban J connectivity index is 2.02. The molecule has 0 unspecified atom stereocenters. The van der Waals surface area contributed by atoms with Gasteiger partial charge in [-0.25, -0.2) is 0 Å². The summed E-state index contributed by atoms with van der Waals surface area (Å²) >= 11 is 1.70. The van der Waals surface area contributed by atoms with Gasteiger partial charge in [0.05, 0.1) is 11.2 Å². The number of hydrogen-bond donors (Lipinski definition) is 2. The zero-order valence-corrected chi connectivity index (χ0v) is 12.6. The highest BCUT2D eigenvalue weighted by molar-refractivity contribution is 7.10. The van der Waals surface area contributed by atoms with Gasteiger partial charge in [0.15, 0.2) is 0 Å². The van der Waals surface area contributed by atoms with Crippen LogP contribution in [0.5, 0.6) is 0 Å². The maximum Gasteiger partial charge on any atom is 0.252 e. The Morgan fingerprint density at radius 3 is 2.74 bits per heavy atom. The summed E-state index contributed by atoms with van der Waals surface area (Å²) in [5.41, 5.74) is 1.30. The highest BCUT2D eigenvalue weighted by Crippen LogP contribution is 2.30. The average molecular weight is 281 g/mol. The van der Waals surface area contributed by atoms with Gasteiger partial charge < -0.3 is 10.4 Å². The molecule has 1 aromatic heterocycles. The van der Waals surface area contributed by atoms with Crippen LogP contribution in [0.1, 0.15) is 60.3 Å². The predicted octanol–water partition coefficient (Wildman–Crippen LogP) is 2.91. The second-order valence-corrected chi connectivity index (χ2v) is 6.34. The number of thiophene rings is 1. The van der Waals surface area contributed by atoms with Gasteiger partial charge in [0.1, 0.15) is 0 Å². The molecule has 0 fully saturated rings. The van der Waals surface area contributed by atoms with Crippen molar-refractivity contribution in [2.75, 3.05) is 6.54 Å². The molecule has 1 aliphatic rings. The molecule has 0 atom stereocenters. The van der Waals surface area contributed by atoms with E-state index >= 15 is 0 Å². The van der Waals surface area contributed by atoms with E-state index in [1.54, 1.807) is 11.3 Å². The summed E-state index contributed by atoms with van der Waals surface area (Å²) in [4.78, 5) is 13.6. The van der Waals surface area contributed by atoms with Crippen molar-refractivity contribution in [3.05, 3.63) is 21.4 Å². The van der Waals surface area contributed by atoms with Gasteiger partial charge in [-0.1, -0.05) is 13.8 Å². The number of fused-ring (bicyclic) bond motifs is 1. The Kier molecular flexibility index (Phi) is 4.63. The van der Waals surface area contributed by atoms with Crippen LogP contribution in [0.25, 0.3) is 0 Å². The van der Waals surface area contributed by atoms with E-state index in [2.05, 4.69) is 5.32 Å². The molecule has 19 heavy (non-hydrogen) atoms. The van der Waals surface area contributed by atoms with Gasteiger partial charge >= 0.3 is 0 Å². The van der Waals surface area contributed by atoms with E-state index in [9.17, 15) is 9.90 Å². The summed E-state index contributed by atoms with van der Waals surface area (Å²) < 4.78 is 0. The fourth-order valence-corrected chi connectivity index (χ4v) is 3.65. The summed E-state index contributed by atoms with van der Waals surface area (Å²) in [7, 11) is 0. The lowest BCUT2D eigenvalue weighted by molar-refractivity contribution is 0.0314. The Hall–Kier alpha value is -0.870. The molecule has 0 saturated carbocycles. The fraction of sp³-hybridized carbons (Fsp3) is 0.667. The first-order valence-corrected chi connectivity index (χ1v) is 8.07. The first-order valence-electron chi connectivity index (χ1n) is 7.19. The van der Waals surface area contributed by atoms with Crippen molar-refractivity contribution in [2.24, 2.45) is 0 Å². The molecule has 1 aliphatic carbocycles. The van der Waals surface area contributed by atoms with Crippen molar-refractivity contribution in [2.45, 2.75) is 58.0 Å². The first kappa shape index (κ1) is 14.5. The second kappa shape index (κ2) is 6.06.